The maximum Gasteiger partial charge on any atom is 0.261 e. The van der Waals surface area contributed by atoms with Gasteiger partial charge in [0.25, 0.3) is 5.56 Å². The maximum atomic E-state index is 13.6. The van der Waals surface area contributed by atoms with E-state index >= 15 is 0 Å². The van der Waals surface area contributed by atoms with E-state index in [1.54, 1.807) is 12.1 Å². The van der Waals surface area contributed by atoms with Gasteiger partial charge in [-0.3, -0.25) is 9.36 Å². The first-order valence-corrected chi connectivity index (χ1v) is 8.24. The van der Waals surface area contributed by atoms with Crippen LogP contribution in [0.3, 0.4) is 0 Å². The summed E-state index contributed by atoms with van der Waals surface area (Å²) >= 11 is 6.08. The Morgan fingerprint density at radius 2 is 2.08 bits per heavy atom. The Morgan fingerprint density at radius 3 is 2.72 bits per heavy atom. The minimum atomic E-state index is -0.416. The van der Waals surface area contributed by atoms with Crippen LogP contribution < -0.4 is 5.56 Å². The van der Waals surface area contributed by atoms with Crippen LogP contribution in [0.5, 0.6) is 0 Å². The van der Waals surface area contributed by atoms with Gasteiger partial charge < -0.3 is 5.11 Å². The quantitative estimate of drug-likeness (QED) is 0.723. The average Bonchev–Trinajstić information content (AvgIpc) is 2.57. The molecule has 0 saturated carbocycles. The van der Waals surface area contributed by atoms with E-state index in [1.165, 1.54) is 29.1 Å². The molecule has 0 aliphatic rings. The van der Waals surface area contributed by atoms with Crippen LogP contribution in [0, 0.1) is 11.7 Å². The molecule has 1 atom stereocenters. The Hall–Kier alpha value is -2.31. The van der Waals surface area contributed by atoms with Crippen molar-refractivity contribution in [1.82, 2.24) is 14.5 Å². The number of halogens is 2. The summed E-state index contributed by atoms with van der Waals surface area (Å²) in [6.45, 7) is 3.64. The van der Waals surface area contributed by atoms with E-state index in [1.807, 2.05) is 13.8 Å². The van der Waals surface area contributed by atoms with E-state index < -0.39 is 11.9 Å². The van der Waals surface area contributed by atoms with Crippen LogP contribution in [0.2, 0.25) is 5.15 Å². The number of fused-ring (bicyclic) bond motifs is 1. The van der Waals surface area contributed by atoms with Crippen LogP contribution in [0.4, 0.5) is 4.39 Å². The molecule has 3 aromatic rings. The smallest absolute Gasteiger partial charge is 0.261 e. The third kappa shape index (κ3) is 3.27. The molecule has 3 rings (SSSR count). The number of pyridine rings is 1. The van der Waals surface area contributed by atoms with E-state index in [4.69, 9.17) is 11.6 Å². The lowest BCUT2D eigenvalue weighted by Gasteiger charge is -2.21. The van der Waals surface area contributed by atoms with Crippen molar-refractivity contribution in [2.75, 3.05) is 6.61 Å². The first-order chi connectivity index (χ1) is 11.9. The van der Waals surface area contributed by atoms with Gasteiger partial charge in [-0.25, -0.2) is 14.4 Å². The first-order valence-electron chi connectivity index (χ1n) is 7.86. The summed E-state index contributed by atoms with van der Waals surface area (Å²) in [5.74, 6) is -0.372. The third-order valence-electron chi connectivity index (χ3n) is 4.15. The molecule has 0 radical (unpaired) electrons. The number of benzene rings is 1. The number of hydrogen-bond acceptors (Lipinski definition) is 4. The van der Waals surface area contributed by atoms with Crippen LogP contribution in [0.15, 0.2) is 41.5 Å². The average molecular weight is 362 g/mol. The highest BCUT2D eigenvalue weighted by Crippen LogP contribution is 2.27. The molecule has 0 aliphatic carbocycles. The summed E-state index contributed by atoms with van der Waals surface area (Å²) in [5, 5.41) is 9.99. The molecular weight excluding hydrogens is 345 g/mol. The van der Waals surface area contributed by atoms with Crippen LogP contribution in [0.1, 0.15) is 19.9 Å². The number of aromatic nitrogens is 3. The third-order valence-corrected chi connectivity index (χ3v) is 4.34. The van der Waals surface area contributed by atoms with E-state index in [9.17, 15) is 14.3 Å². The largest absolute Gasteiger partial charge is 0.394 e. The molecule has 130 valence electrons. The van der Waals surface area contributed by atoms with Gasteiger partial charge in [-0.2, -0.15) is 0 Å². The zero-order valence-corrected chi connectivity index (χ0v) is 14.5. The molecule has 0 aliphatic heterocycles. The van der Waals surface area contributed by atoms with Crippen LogP contribution in [-0.2, 0) is 0 Å². The Morgan fingerprint density at radius 1 is 1.32 bits per heavy atom. The zero-order valence-electron chi connectivity index (χ0n) is 13.8. The number of aliphatic hydroxyl groups excluding tert-OH is 1. The van der Waals surface area contributed by atoms with Gasteiger partial charge in [-0.05, 0) is 24.1 Å². The number of nitrogens with zero attached hydrogens (tertiary/aromatic N) is 3. The van der Waals surface area contributed by atoms with Crippen molar-refractivity contribution in [3.63, 3.8) is 0 Å². The summed E-state index contributed by atoms with van der Waals surface area (Å²) in [5.41, 5.74) is 0.854. The molecule has 2 heterocycles. The Bertz CT molecular complexity index is 988. The summed E-state index contributed by atoms with van der Waals surface area (Å²) in [6, 6.07) is 6.93. The molecule has 25 heavy (non-hydrogen) atoms. The molecule has 1 aromatic carbocycles. The molecule has 0 saturated heterocycles. The lowest BCUT2D eigenvalue weighted by molar-refractivity contribution is 0.189. The maximum absolute atomic E-state index is 13.6. The van der Waals surface area contributed by atoms with E-state index in [0.717, 1.165) is 0 Å². The summed E-state index contributed by atoms with van der Waals surface area (Å²) in [6.07, 6.45) is 1.39. The molecule has 0 unspecified atom stereocenters. The predicted octanol–water partition coefficient (Wildman–Crippen LogP) is 3.44. The number of hydrogen-bond donors (Lipinski definition) is 1. The Labute approximate surface area is 148 Å². The van der Waals surface area contributed by atoms with Crippen molar-refractivity contribution in [3.05, 3.63) is 58.0 Å². The standard InChI is InChI=1S/C18H17ClFN3O2/c1-10(2)14(8-24)23-9-21-17-13(18(23)25)7-15(19)22-16(17)11-4-3-5-12(20)6-11/h3-7,9-10,14,24H,8H2,1-2H3/t14-/m1/s1. The number of aliphatic hydroxyl groups is 1. The van der Waals surface area contributed by atoms with Crippen molar-refractivity contribution in [2.24, 2.45) is 5.92 Å². The fraction of sp³-hybridized carbons (Fsp3) is 0.278. The van der Waals surface area contributed by atoms with Gasteiger partial charge >= 0.3 is 0 Å². The minimum Gasteiger partial charge on any atom is -0.394 e. The lowest BCUT2D eigenvalue weighted by atomic mass is 10.0. The second-order valence-corrected chi connectivity index (χ2v) is 6.54. The van der Waals surface area contributed by atoms with Crippen LogP contribution >= 0.6 is 11.6 Å². The fourth-order valence-electron chi connectivity index (χ4n) is 2.81. The zero-order chi connectivity index (χ0) is 18.1. The molecular formula is C18H17ClFN3O2. The van der Waals surface area contributed by atoms with Gasteiger partial charge in [0, 0.05) is 5.56 Å². The van der Waals surface area contributed by atoms with Crippen molar-refractivity contribution in [3.8, 4) is 11.3 Å². The van der Waals surface area contributed by atoms with Gasteiger partial charge in [0.05, 0.1) is 30.1 Å². The molecule has 0 bridgehead atoms. The monoisotopic (exact) mass is 361 g/mol. The van der Waals surface area contributed by atoms with Crippen molar-refractivity contribution >= 4 is 22.5 Å². The molecule has 5 nitrogen and oxygen atoms in total. The van der Waals surface area contributed by atoms with Gasteiger partial charge in [-0.15, -0.1) is 0 Å². The SMILES string of the molecule is CC(C)[C@@H](CO)n1cnc2c(-c3cccc(F)c3)nc(Cl)cc2c1=O. The molecule has 0 fully saturated rings. The normalized spacial score (nSPS) is 12.7. The highest BCUT2D eigenvalue weighted by molar-refractivity contribution is 6.30. The van der Waals surface area contributed by atoms with Crippen molar-refractivity contribution in [2.45, 2.75) is 19.9 Å². The van der Waals surface area contributed by atoms with Crippen LogP contribution in [-0.4, -0.2) is 26.2 Å². The lowest BCUT2D eigenvalue weighted by Crippen LogP contribution is -2.30. The highest BCUT2D eigenvalue weighted by Gasteiger charge is 2.19. The van der Waals surface area contributed by atoms with E-state index in [0.29, 0.717) is 16.8 Å². The van der Waals surface area contributed by atoms with E-state index in [2.05, 4.69) is 9.97 Å². The molecule has 2 aromatic heterocycles. The second kappa shape index (κ2) is 6.90. The molecule has 1 N–H and O–H groups in total. The number of rotatable bonds is 4. The fourth-order valence-corrected chi connectivity index (χ4v) is 3.00. The van der Waals surface area contributed by atoms with E-state index in [-0.39, 0.29) is 28.6 Å². The second-order valence-electron chi connectivity index (χ2n) is 6.15. The van der Waals surface area contributed by atoms with Crippen molar-refractivity contribution < 1.29 is 9.50 Å². The predicted molar refractivity (Wildman–Crippen MR) is 95.2 cm³/mol. The molecule has 7 heteroatoms. The van der Waals surface area contributed by atoms with Gasteiger partial charge in [0.1, 0.15) is 16.5 Å². The summed E-state index contributed by atoms with van der Waals surface area (Å²) in [7, 11) is 0. The van der Waals surface area contributed by atoms with Gasteiger partial charge in [-0.1, -0.05) is 37.6 Å². The first kappa shape index (κ1) is 17.5. The Kier molecular flexibility index (Phi) is 4.83. The van der Waals surface area contributed by atoms with Gasteiger partial charge in [0.2, 0.25) is 0 Å². The summed E-state index contributed by atoms with van der Waals surface area (Å²) < 4.78 is 15.0. The Balaban J connectivity index is 2.29. The topological polar surface area (TPSA) is 68.0 Å². The summed E-state index contributed by atoms with van der Waals surface area (Å²) in [4.78, 5) is 21.5. The van der Waals surface area contributed by atoms with Gasteiger partial charge in [0.15, 0.2) is 0 Å². The van der Waals surface area contributed by atoms with Crippen molar-refractivity contribution in [1.29, 1.82) is 0 Å². The highest BCUT2D eigenvalue weighted by atomic mass is 35.5. The minimum absolute atomic E-state index is 0.0435. The van der Waals surface area contributed by atoms with Crippen LogP contribution in [0.25, 0.3) is 22.2 Å². The molecule has 0 amide bonds. The molecule has 0 spiro atoms.